The molecule has 0 unspecified atom stereocenters. The third-order valence-corrected chi connectivity index (χ3v) is 8.08. The summed E-state index contributed by atoms with van der Waals surface area (Å²) in [7, 11) is -2.08. The Kier molecular flexibility index (Phi) is 7.32. The molecule has 0 radical (unpaired) electrons. The molecule has 8 nitrogen and oxygen atoms in total. The molecule has 2 aromatic heterocycles. The van der Waals surface area contributed by atoms with E-state index in [-0.39, 0.29) is 11.4 Å². The molecule has 2 aromatic carbocycles. The number of sulfonamides is 1. The van der Waals surface area contributed by atoms with Crippen molar-refractivity contribution in [2.45, 2.75) is 25.2 Å². The van der Waals surface area contributed by atoms with Gasteiger partial charge in [-0.15, -0.1) is 11.3 Å². The van der Waals surface area contributed by atoms with Crippen LogP contribution in [0.1, 0.15) is 20.3 Å². The number of hydrogen-bond donors (Lipinski definition) is 1. The van der Waals surface area contributed by atoms with E-state index in [1.54, 1.807) is 25.3 Å². The highest BCUT2D eigenvalue weighted by Gasteiger charge is 2.18. The molecular weight excluding hydrogens is 474 g/mol. The van der Waals surface area contributed by atoms with Gasteiger partial charge in [0.15, 0.2) is 0 Å². The maximum atomic E-state index is 12.8. The fourth-order valence-electron chi connectivity index (χ4n) is 3.73. The van der Waals surface area contributed by atoms with Crippen molar-refractivity contribution in [1.29, 1.82) is 0 Å². The third-order valence-electron chi connectivity index (χ3n) is 5.57. The number of thiazole rings is 1. The number of benzene rings is 2. The number of methoxy groups -OCH3 is 1. The third kappa shape index (κ3) is 5.00. The number of nitrogens with zero attached hydrogens (tertiary/aromatic N) is 2. The summed E-state index contributed by atoms with van der Waals surface area (Å²) in [5.41, 5.74) is 2.02. The topological polar surface area (TPSA) is 102 Å². The molecular formula is C24H27N3O5S2. The predicted molar refractivity (Wildman–Crippen MR) is 136 cm³/mol. The molecule has 0 aliphatic carbocycles. The summed E-state index contributed by atoms with van der Waals surface area (Å²) in [6.07, 6.45) is 0.580. The molecule has 0 saturated carbocycles. The van der Waals surface area contributed by atoms with Crippen LogP contribution in [-0.4, -0.2) is 46.8 Å². The van der Waals surface area contributed by atoms with Crippen molar-refractivity contribution in [2.24, 2.45) is 0 Å². The first-order valence-corrected chi connectivity index (χ1v) is 13.4. The second kappa shape index (κ2) is 10.2. The van der Waals surface area contributed by atoms with Crippen LogP contribution >= 0.6 is 11.3 Å². The van der Waals surface area contributed by atoms with E-state index in [4.69, 9.17) is 9.15 Å². The number of aromatic nitrogens is 1. The van der Waals surface area contributed by atoms with E-state index in [1.165, 1.54) is 17.4 Å². The summed E-state index contributed by atoms with van der Waals surface area (Å²) in [5, 5.41) is 1.29. The Bertz CT molecular complexity index is 1470. The van der Waals surface area contributed by atoms with Crippen LogP contribution in [0.3, 0.4) is 0 Å². The zero-order valence-electron chi connectivity index (χ0n) is 19.3. The SMILES string of the molecule is CCN(CC)c1ccc2cc(-c3nc4ccc(S(=O)(=O)NCCCOC)cc4s3)c(=O)oc2c1. The van der Waals surface area contributed by atoms with Gasteiger partial charge in [0.1, 0.15) is 10.6 Å². The van der Waals surface area contributed by atoms with E-state index in [1.807, 2.05) is 18.2 Å². The zero-order chi connectivity index (χ0) is 24.3. The predicted octanol–water partition coefficient (Wildman–Crippen LogP) is 4.23. The summed E-state index contributed by atoms with van der Waals surface area (Å²) in [4.78, 5) is 19.7. The highest BCUT2D eigenvalue weighted by molar-refractivity contribution is 7.89. The molecule has 34 heavy (non-hydrogen) atoms. The fraction of sp³-hybridized carbons (Fsp3) is 0.333. The lowest BCUT2D eigenvalue weighted by Gasteiger charge is -2.20. The van der Waals surface area contributed by atoms with Gasteiger partial charge in [0.2, 0.25) is 10.0 Å². The molecule has 0 saturated heterocycles. The average Bonchev–Trinajstić information content (AvgIpc) is 3.25. The van der Waals surface area contributed by atoms with Crippen molar-refractivity contribution in [2.75, 3.05) is 38.3 Å². The Morgan fingerprint density at radius 3 is 2.65 bits per heavy atom. The van der Waals surface area contributed by atoms with Gasteiger partial charge < -0.3 is 14.1 Å². The molecule has 2 heterocycles. The van der Waals surface area contributed by atoms with Crippen LogP contribution in [0, 0.1) is 0 Å². The number of nitrogens with one attached hydrogen (secondary N) is 1. The van der Waals surface area contributed by atoms with E-state index in [2.05, 4.69) is 28.5 Å². The minimum atomic E-state index is -3.65. The lowest BCUT2D eigenvalue weighted by atomic mass is 10.1. The Hall–Kier alpha value is -2.79. The molecule has 4 aromatic rings. The summed E-state index contributed by atoms with van der Waals surface area (Å²) in [6, 6.07) is 12.3. The molecule has 1 N–H and O–H groups in total. The molecule has 10 heteroatoms. The highest BCUT2D eigenvalue weighted by Crippen LogP contribution is 2.32. The molecule has 0 amide bonds. The lowest BCUT2D eigenvalue weighted by Crippen LogP contribution is -2.25. The van der Waals surface area contributed by atoms with Gasteiger partial charge in [-0.3, -0.25) is 0 Å². The summed E-state index contributed by atoms with van der Waals surface area (Å²) in [5.74, 6) is 0. The van der Waals surface area contributed by atoms with Gasteiger partial charge in [-0.2, -0.15) is 0 Å². The van der Waals surface area contributed by atoms with Crippen molar-refractivity contribution >= 4 is 48.2 Å². The van der Waals surface area contributed by atoms with Crippen LogP contribution in [0.15, 0.2) is 56.6 Å². The molecule has 0 spiro atoms. The van der Waals surface area contributed by atoms with Crippen molar-refractivity contribution in [1.82, 2.24) is 9.71 Å². The largest absolute Gasteiger partial charge is 0.422 e. The van der Waals surface area contributed by atoms with Gasteiger partial charge in [0.05, 0.1) is 20.7 Å². The zero-order valence-corrected chi connectivity index (χ0v) is 21.0. The van der Waals surface area contributed by atoms with Crippen LogP contribution in [0.25, 0.3) is 31.8 Å². The lowest BCUT2D eigenvalue weighted by molar-refractivity contribution is 0.196. The second-order valence-corrected chi connectivity index (χ2v) is 10.5. The van der Waals surface area contributed by atoms with Crippen LogP contribution < -0.4 is 15.2 Å². The molecule has 0 fully saturated rings. The minimum Gasteiger partial charge on any atom is -0.422 e. The van der Waals surface area contributed by atoms with Gasteiger partial charge in [-0.25, -0.2) is 22.9 Å². The first-order valence-electron chi connectivity index (χ1n) is 11.1. The average molecular weight is 502 g/mol. The molecule has 0 aliphatic rings. The van der Waals surface area contributed by atoms with Gasteiger partial charge in [-0.1, -0.05) is 0 Å². The van der Waals surface area contributed by atoms with Gasteiger partial charge in [-0.05, 0) is 56.7 Å². The van der Waals surface area contributed by atoms with E-state index >= 15 is 0 Å². The Morgan fingerprint density at radius 2 is 1.91 bits per heavy atom. The normalized spacial score (nSPS) is 12.0. The van der Waals surface area contributed by atoms with Crippen molar-refractivity contribution in [3.63, 3.8) is 0 Å². The van der Waals surface area contributed by atoms with Crippen LogP contribution in [0.5, 0.6) is 0 Å². The number of rotatable bonds is 10. The molecule has 0 bridgehead atoms. The number of anilines is 1. The summed E-state index contributed by atoms with van der Waals surface area (Å²) < 4.78 is 39.0. The first-order chi connectivity index (χ1) is 16.4. The standard InChI is InChI=1S/C24H27N3O5S2/c1-4-27(5-2)17-8-7-16-13-19(24(28)32-21(16)14-17)23-26-20-10-9-18(15-22(20)33-23)34(29,30)25-11-6-12-31-3/h7-10,13-15,25H,4-6,11-12H2,1-3H3. The van der Waals surface area contributed by atoms with Crippen LogP contribution in [0.2, 0.25) is 0 Å². The Morgan fingerprint density at radius 1 is 1.12 bits per heavy atom. The molecule has 4 rings (SSSR count). The first kappa shape index (κ1) is 24.3. The van der Waals surface area contributed by atoms with E-state index < -0.39 is 15.6 Å². The maximum absolute atomic E-state index is 12.8. The van der Waals surface area contributed by atoms with Crippen molar-refractivity contribution < 1.29 is 17.6 Å². The minimum absolute atomic E-state index is 0.155. The highest BCUT2D eigenvalue weighted by atomic mass is 32.2. The number of hydrogen-bond acceptors (Lipinski definition) is 8. The quantitative estimate of drug-likeness (QED) is 0.256. The van der Waals surface area contributed by atoms with Crippen LogP contribution in [-0.2, 0) is 14.8 Å². The molecule has 180 valence electrons. The van der Waals surface area contributed by atoms with Crippen molar-refractivity contribution in [3.05, 3.63) is 52.9 Å². The fourth-order valence-corrected chi connectivity index (χ4v) is 5.91. The monoisotopic (exact) mass is 501 g/mol. The van der Waals surface area contributed by atoms with Gasteiger partial charge in [0, 0.05) is 50.5 Å². The van der Waals surface area contributed by atoms with E-state index in [0.29, 0.717) is 39.4 Å². The van der Waals surface area contributed by atoms with E-state index in [9.17, 15) is 13.2 Å². The van der Waals surface area contributed by atoms with Crippen molar-refractivity contribution in [3.8, 4) is 10.6 Å². The number of ether oxygens (including phenoxy) is 1. The molecule has 0 aliphatic heterocycles. The second-order valence-electron chi connectivity index (χ2n) is 7.73. The van der Waals surface area contributed by atoms with E-state index in [0.717, 1.165) is 24.2 Å². The van der Waals surface area contributed by atoms with Gasteiger partial charge in [0.25, 0.3) is 0 Å². The van der Waals surface area contributed by atoms with Gasteiger partial charge >= 0.3 is 5.63 Å². The Balaban J connectivity index is 1.67. The maximum Gasteiger partial charge on any atom is 0.346 e. The van der Waals surface area contributed by atoms with Crippen LogP contribution in [0.4, 0.5) is 5.69 Å². The number of fused-ring (bicyclic) bond motifs is 2. The smallest absolute Gasteiger partial charge is 0.346 e. The molecule has 0 atom stereocenters. The summed E-state index contributed by atoms with van der Waals surface area (Å²) in [6.45, 7) is 6.64. The summed E-state index contributed by atoms with van der Waals surface area (Å²) >= 11 is 1.26. The Labute approximate surface area is 202 Å².